The van der Waals surface area contributed by atoms with Gasteiger partial charge in [-0.3, -0.25) is 9.97 Å². The van der Waals surface area contributed by atoms with Crippen LogP contribution >= 0.6 is 11.8 Å². The van der Waals surface area contributed by atoms with E-state index >= 15 is 0 Å². The molecule has 1 saturated heterocycles. The molecular formula is C22H24F3N7S. The number of likely N-dealkylation sites (tertiary alicyclic amines) is 1. The minimum Gasteiger partial charge on any atom is -0.304 e. The number of fused-ring (bicyclic) bond motifs is 1. The second-order valence-electron chi connectivity index (χ2n) is 8.83. The lowest BCUT2D eigenvalue weighted by Gasteiger charge is -2.21. The first-order chi connectivity index (χ1) is 15.8. The summed E-state index contributed by atoms with van der Waals surface area (Å²) < 4.78 is 40.3. The Hall–Kier alpha value is -2.53. The van der Waals surface area contributed by atoms with Gasteiger partial charge in [0.1, 0.15) is 11.4 Å². The van der Waals surface area contributed by atoms with Crippen LogP contribution in [-0.4, -0.2) is 60.0 Å². The van der Waals surface area contributed by atoms with Gasteiger partial charge in [-0.05, 0) is 43.9 Å². The maximum atomic E-state index is 12.8. The van der Waals surface area contributed by atoms with Crippen LogP contribution in [0, 0.1) is 12.8 Å². The molecule has 33 heavy (non-hydrogen) atoms. The third kappa shape index (κ3) is 4.35. The standard InChI is InChI=1S/C22H24F3N7S/c1-14-9-27-17(11-26-14)19-29-30-20(31(19)2)33-7-3-6-32-12-16-8-21(16,13-32)15-4-5-18(28-10-15)22(23,24)25/h4-5,9-11,16H,3,6-8,12-13H2,1-2H3/t16-,21?/m1/s1. The Morgan fingerprint density at radius 2 is 1.97 bits per heavy atom. The maximum absolute atomic E-state index is 12.8. The average Bonchev–Trinajstić information content (AvgIpc) is 3.16. The molecule has 0 radical (unpaired) electrons. The number of halogens is 3. The molecule has 3 aromatic rings. The Labute approximate surface area is 193 Å². The molecule has 0 aromatic carbocycles. The van der Waals surface area contributed by atoms with Gasteiger partial charge in [-0.15, -0.1) is 10.2 Å². The molecule has 1 unspecified atom stereocenters. The van der Waals surface area contributed by atoms with Crippen molar-refractivity contribution >= 4 is 11.8 Å². The summed E-state index contributed by atoms with van der Waals surface area (Å²) in [6, 6.07) is 2.72. The van der Waals surface area contributed by atoms with E-state index in [1.54, 1.807) is 30.2 Å². The van der Waals surface area contributed by atoms with Gasteiger partial charge in [0.2, 0.25) is 0 Å². The van der Waals surface area contributed by atoms with E-state index in [0.717, 1.165) is 60.7 Å². The summed E-state index contributed by atoms with van der Waals surface area (Å²) in [6.07, 6.45) is 2.47. The first kappa shape index (κ1) is 22.3. The predicted molar refractivity (Wildman–Crippen MR) is 118 cm³/mol. The first-order valence-corrected chi connectivity index (χ1v) is 11.8. The zero-order valence-electron chi connectivity index (χ0n) is 18.4. The molecule has 5 rings (SSSR count). The molecular weight excluding hydrogens is 451 g/mol. The Morgan fingerprint density at radius 3 is 2.67 bits per heavy atom. The quantitative estimate of drug-likeness (QED) is 0.381. The second-order valence-corrected chi connectivity index (χ2v) is 9.89. The Morgan fingerprint density at radius 1 is 1.12 bits per heavy atom. The summed E-state index contributed by atoms with van der Waals surface area (Å²) in [4.78, 5) is 14.7. The van der Waals surface area contributed by atoms with Crippen molar-refractivity contribution in [3.05, 3.63) is 47.7 Å². The van der Waals surface area contributed by atoms with Gasteiger partial charge in [-0.25, -0.2) is 4.98 Å². The molecule has 1 aliphatic heterocycles. The molecule has 174 valence electrons. The van der Waals surface area contributed by atoms with E-state index in [9.17, 15) is 13.2 Å². The van der Waals surface area contributed by atoms with Gasteiger partial charge < -0.3 is 9.47 Å². The fourth-order valence-electron chi connectivity index (χ4n) is 4.68. The van der Waals surface area contributed by atoms with E-state index < -0.39 is 11.9 Å². The van der Waals surface area contributed by atoms with E-state index in [4.69, 9.17) is 0 Å². The number of hydrogen-bond donors (Lipinski definition) is 0. The molecule has 0 N–H and O–H groups in total. The number of aryl methyl sites for hydroxylation is 1. The number of nitrogens with zero attached hydrogens (tertiary/aromatic N) is 7. The smallest absolute Gasteiger partial charge is 0.304 e. The van der Waals surface area contributed by atoms with Crippen molar-refractivity contribution < 1.29 is 13.2 Å². The normalized spacial score (nSPS) is 22.5. The van der Waals surface area contributed by atoms with E-state index in [0.29, 0.717) is 17.4 Å². The maximum Gasteiger partial charge on any atom is 0.433 e. The van der Waals surface area contributed by atoms with Crippen LogP contribution in [0.5, 0.6) is 0 Å². The highest BCUT2D eigenvalue weighted by molar-refractivity contribution is 7.99. The summed E-state index contributed by atoms with van der Waals surface area (Å²) in [6.45, 7) is 4.72. The third-order valence-corrected chi connectivity index (χ3v) is 7.65. The number of pyridine rings is 1. The summed E-state index contributed by atoms with van der Waals surface area (Å²) in [5.41, 5.74) is 1.64. The van der Waals surface area contributed by atoms with Gasteiger partial charge in [0.05, 0.1) is 11.9 Å². The van der Waals surface area contributed by atoms with Crippen molar-refractivity contribution in [3.63, 3.8) is 0 Å². The first-order valence-electron chi connectivity index (χ1n) is 10.8. The van der Waals surface area contributed by atoms with Crippen molar-refractivity contribution in [2.24, 2.45) is 13.0 Å². The van der Waals surface area contributed by atoms with Crippen LogP contribution in [0.4, 0.5) is 13.2 Å². The zero-order valence-corrected chi connectivity index (χ0v) is 19.2. The molecule has 1 saturated carbocycles. The van der Waals surface area contributed by atoms with Gasteiger partial charge in [0.25, 0.3) is 0 Å². The van der Waals surface area contributed by atoms with Gasteiger partial charge in [0.15, 0.2) is 11.0 Å². The molecule has 3 aromatic heterocycles. The van der Waals surface area contributed by atoms with Crippen LogP contribution in [-0.2, 0) is 18.6 Å². The third-order valence-electron chi connectivity index (χ3n) is 6.54. The number of rotatable bonds is 7. The van der Waals surface area contributed by atoms with Gasteiger partial charge >= 0.3 is 6.18 Å². The Balaban J connectivity index is 1.12. The fraction of sp³-hybridized carbons (Fsp3) is 0.500. The summed E-state index contributed by atoms with van der Waals surface area (Å²) >= 11 is 1.66. The van der Waals surface area contributed by atoms with Crippen molar-refractivity contribution in [3.8, 4) is 11.5 Å². The second kappa shape index (κ2) is 8.35. The van der Waals surface area contributed by atoms with Crippen molar-refractivity contribution in [2.75, 3.05) is 25.4 Å². The number of aromatic nitrogens is 6. The summed E-state index contributed by atoms with van der Waals surface area (Å²) in [7, 11) is 1.93. The van der Waals surface area contributed by atoms with Gasteiger partial charge in [-0.1, -0.05) is 17.8 Å². The number of alkyl halides is 3. The monoisotopic (exact) mass is 475 g/mol. The molecule has 0 amide bonds. The Bertz CT molecular complexity index is 1130. The van der Waals surface area contributed by atoms with Crippen LogP contribution in [0.25, 0.3) is 11.5 Å². The van der Waals surface area contributed by atoms with Gasteiger partial charge in [0, 0.05) is 43.7 Å². The minimum atomic E-state index is -4.39. The molecule has 4 heterocycles. The van der Waals surface area contributed by atoms with Crippen LogP contribution in [0.2, 0.25) is 0 Å². The van der Waals surface area contributed by atoms with Crippen LogP contribution < -0.4 is 0 Å². The number of hydrogen-bond acceptors (Lipinski definition) is 7. The summed E-state index contributed by atoms with van der Waals surface area (Å²) in [5, 5.41) is 9.38. The van der Waals surface area contributed by atoms with Crippen molar-refractivity contribution in [1.82, 2.24) is 34.6 Å². The Kier molecular flexibility index (Phi) is 5.64. The lowest BCUT2D eigenvalue weighted by Crippen LogP contribution is -2.28. The lowest BCUT2D eigenvalue weighted by atomic mass is 9.96. The van der Waals surface area contributed by atoms with E-state index in [-0.39, 0.29) is 5.41 Å². The zero-order chi connectivity index (χ0) is 23.2. The highest BCUT2D eigenvalue weighted by Crippen LogP contribution is 2.58. The highest BCUT2D eigenvalue weighted by Gasteiger charge is 2.60. The highest BCUT2D eigenvalue weighted by atomic mass is 32.2. The van der Waals surface area contributed by atoms with Crippen molar-refractivity contribution in [2.45, 2.75) is 36.5 Å². The molecule has 2 atom stereocenters. The molecule has 2 fully saturated rings. The van der Waals surface area contributed by atoms with E-state index in [2.05, 4.69) is 30.0 Å². The number of piperidine rings is 1. The predicted octanol–water partition coefficient (Wildman–Crippen LogP) is 3.75. The van der Waals surface area contributed by atoms with E-state index in [1.807, 2.05) is 18.5 Å². The molecule has 0 spiro atoms. The van der Waals surface area contributed by atoms with E-state index in [1.165, 1.54) is 6.20 Å². The number of thioether (sulfide) groups is 1. The fourth-order valence-corrected chi connectivity index (χ4v) is 5.52. The topological polar surface area (TPSA) is 72.6 Å². The van der Waals surface area contributed by atoms with Crippen LogP contribution in [0.15, 0.2) is 35.9 Å². The van der Waals surface area contributed by atoms with Crippen molar-refractivity contribution in [1.29, 1.82) is 0 Å². The lowest BCUT2D eigenvalue weighted by molar-refractivity contribution is -0.141. The SMILES string of the molecule is Cc1cnc(-c2nnc(SCCCN3C[C@H]4CC4(c4ccc(C(F)(F)F)nc4)C3)n2C)cn1. The van der Waals surface area contributed by atoms with Crippen LogP contribution in [0.1, 0.15) is 29.8 Å². The molecule has 11 heteroatoms. The largest absolute Gasteiger partial charge is 0.433 e. The molecule has 1 aliphatic carbocycles. The van der Waals surface area contributed by atoms with Gasteiger partial charge in [-0.2, -0.15) is 13.2 Å². The molecule has 2 aliphatic rings. The molecule has 7 nitrogen and oxygen atoms in total. The molecule has 0 bridgehead atoms. The summed E-state index contributed by atoms with van der Waals surface area (Å²) in [5.74, 6) is 2.11. The minimum absolute atomic E-state index is 0.0160. The van der Waals surface area contributed by atoms with Crippen LogP contribution in [0.3, 0.4) is 0 Å². The average molecular weight is 476 g/mol.